The summed E-state index contributed by atoms with van der Waals surface area (Å²) in [6.45, 7) is 3.65. The van der Waals surface area contributed by atoms with Gasteiger partial charge in [0, 0.05) is 33.7 Å². The summed E-state index contributed by atoms with van der Waals surface area (Å²) in [5.74, 6) is 0.525. The Hall–Kier alpha value is -2.57. The second-order valence-electron chi connectivity index (χ2n) is 5.52. The van der Waals surface area contributed by atoms with Crippen LogP contribution >= 0.6 is 0 Å². The summed E-state index contributed by atoms with van der Waals surface area (Å²) in [4.78, 5) is 30.4. The maximum atomic E-state index is 11.5. The Morgan fingerprint density at radius 2 is 2.04 bits per heavy atom. The number of rotatable bonds is 5. The number of nitrogens with zero attached hydrogens (tertiary/aromatic N) is 3. The van der Waals surface area contributed by atoms with Gasteiger partial charge in [-0.3, -0.25) is 14.7 Å². The maximum Gasteiger partial charge on any atom is 0.324 e. The quantitative estimate of drug-likeness (QED) is 0.472. The molecule has 0 bridgehead atoms. The molecule has 23 heavy (non-hydrogen) atoms. The van der Waals surface area contributed by atoms with Gasteiger partial charge in [0.1, 0.15) is 0 Å². The molecule has 0 aliphatic carbocycles. The molecule has 0 radical (unpaired) electrons. The molecule has 0 spiro atoms. The molecule has 0 atom stereocenters. The standard InChI is InChI=1S/C16H23N5O2/c1-12-4-6-13(7-5-12)11-20(3)15(17-2)18-8-9-21-14(22)10-19-16(21)23/h4-7H,8-11H2,1-3H3,(H,17,18)(H,19,23). The van der Waals surface area contributed by atoms with E-state index in [1.54, 1.807) is 7.05 Å². The van der Waals surface area contributed by atoms with Crippen LogP contribution in [0.4, 0.5) is 4.79 Å². The zero-order chi connectivity index (χ0) is 16.8. The van der Waals surface area contributed by atoms with Gasteiger partial charge >= 0.3 is 6.03 Å². The van der Waals surface area contributed by atoms with Crippen molar-refractivity contribution in [2.24, 2.45) is 4.99 Å². The van der Waals surface area contributed by atoms with Crippen LogP contribution in [0.3, 0.4) is 0 Å². The molecule has 1 aromatic carbocycles. The number of aliphatic imine (C=N–C) groups is 1. The average Bonchev–Trinajstić information content (AvgIpc) is 2.85. The number of hydrogen-bond donors (Lipinski definition) is 2. The number of imide groups is 1. The van der Waals surface area contributed by atoms with Crippen LogP contribution < -0.4 is 10.6 Å². The third-order valence-corrected chi connectivity index (χ3v) is 3.67. The zero-order valence-electron chi connectivity index (χ0n) is 13.8. The van der Waals surface area contributed by atoms with E-state index < -0.39 is 0 Å². The van der Waals surface area contributed by atoms with Crippen LogP contribution in [0, 0.1) is 6.92 Å². The Balaban J connectivity index is 1.83. The van der Waals surface area contributed by atoms with Crippen molar-refractivity contribution in [3.05, 3.63) is 35.4 Å². The Morgan fingerprint density at radius 1 is 1.35 bits per heavy atom. The van der Waals surface area contributed by atoms with E-state index in [9.17, 15) is 9.59 Å². The van der Waals surface area contributed by atoms with Gasteiger partial charge in [-0.1, -0.05) is 29.8 Å². The van der Waals surface area contributed by atoms with Crippen molar-refractivity contribution in [1.29, 1.82) is 0 Å². The lowest BCUT2D eigenvalue weighted by Gasteiger charge is -2.23. The molecule has 1 fully saturated rings. The second-order valence-corrected chi connectivity index (χ2v) is 5.52. The number of carbonyl (C=O) groups excluding carboxylic acids is 2. The van der Waals surface area contributed by atoms with Gasteiger partial charge in [-0.15, -0.1) is 0 Å². The average molecular weight is 317 g/mol. The molecule has 1 aliphatic rings. The van der Waals surface area contributed by atoms with Crippen molar-refractivity contribution in [2.75, 3.05) is 33.7 Å². The van der Waals surface area contributed by atoms with Crippen molar-refractivity contribution in [3.8, 4) is 0 Å². The molecule has 1 aliphatic heterocycles. The molecule has 1 heterocycles. The minimum atomic E-state index is -0.334. The second kappa shape index (κ2) is 7.62. The van der Waals surface area contributed by atoms with Crippen molar-refractivity contribution >= 4 is 17.9 Å². The molecule has 7 heteroatoms. The predicted molar refractivity (Wildman–Crippen MR) is 89.1 cm³/mol. The Morgan fingerprint density at radius 3 is 2.61 bits per heavy atom. The minimum absolute atomic E-state index is 0.0842. The molecule has 0 saturated carbocycles. The topological polar surface area (TPSA) is 77.0 Å². The van der Waals surface area contributed by atoms with E-state index in [1.165, 1.54) is 16.0 Å². The number of guanidine groups is 1. The van der Waals surface area contributed by atoms with E-state index in [1.807, 2.05) is 11.9 Å². The number of nitrogens with one attached hydrogen (secondary N) is 2. The van der Waals surface area contributed by atoms with Crippen LogP contribution in [0.25, 0.3) is 0 Å². The summed E-state index contributed by atoms with van der Waals surface area (Å²) in [6, 6.07) is 8.01. The van der Waals surface area contributed by atoms with Gasteiger partial charge in [-0.05, 0) is 12.5 Å². The highest BCUT2D eigenvalue weighted by Crippen LogP contribution is 2.06. The first-order valence-corrected chi connectivity index (χ1v) is 7.57. The molecule has 0 unspecified atom stereocenters. The van der Waals surface area contributed by atoms with E-state index in [4.69, 9.17) is 0 Å². The van der Waals surface area contributed by atoms with Crippen LogP contribution in [0.15, 0.2) is 29.3 Å². The highest BCUT2D eigenvalue weighted by molar-refractivity contribution is 6.01. The van der Waals surface area contributed by atoms with Gasteiger partial charge < -0.3 is 15.5 Å². The maximum absolute atomic E-state index is 11.5. The van der Waals surface area contributed by atoms with Crippen LogP contribution in [0.2, 0.25) is 0 Å². The monoisotopic (exact) mass is 317 g/mol. The van der Waals surface area contributed by atoms with Crippen molar-refractivity contribution in [1.82, 2.24) is 20.4 Å². The molecule has 7 nitrogen and oxygen atoms in total. The number of carbonyl (C=O) groups is 2. The first kappa shape index (κ1) is 16.8. The first-order chi connectivity index (χ1) is 11.0. The number of urea groups is 1. The van der Waals surface area contributed by atoms with Crippen LogP contribution in [-0.4, -0.2) is 61.4 Å². The predicted octanol–water partition coefficient (Wildman–Crippen LogP) is 0.554. The SMILES string of the molecule is CN=C(NCCN1C(=O)CNC1=O)N(C)Cc1ccc(C)cc1. The van der Waals surface area contributed by atoms with Crippen LogP contribution in [0.1, 0.15) is 11.1 Å². The summed E-state index contributed by atoms with van der Waals surface area (Å²) in [5, 5.41) is 5.67. The molecule has 1 aromatic rings. The number of hydrogen-bond acceptors (Lipinski definition) is 3. The smallest absolute Gasteiger partial charge is 0.324 e. The lowest BCUT2D eigenvalue weighted by molar-refractivity contribution is -0.124. The molecule has 124 valence electrons. The molecular formula is C16H23N5O2. The molecule has 0 aromatic heterocycles. The van der Waals surface area contributed by atoms with Gasteiger partial charge in [-0.2, -0.15) is 0 Å². The van der Waals surface area contributed by atoms with Gasteiger partial charge in [0.2, 0.25) is 5.91 Å². The summed E-state index contributed by atoms with van der Waals surface area (Å²) >= 11 is 0. The minimum Gasteiger partial charge on any atom is -0.354 e. The van der Waals surface area contributed by atoms with E-state index in [0.29, 0.717) is 13.1 Å². The summed E-state index contributed by atoms with van der Waals surface area (Å²) < 4.78 is 0. The number of benzene rings is 1. The normalized spacial score (nSPS) is 14.9. The fourth-order valence-electron chi connectivity index (χ4n) is 2.39. The van der Waals surface area contributed by atoms with Gasteiger partial charge in [0.25, 0.3) is 0 Å². The highest BCUT2D eigenvalue weighted by atomic mass is 16.2. The molecule has 1 saturated heterocycles. The zero-order valence-corrected chi connectivity index (χ0v) is 13.8. The highest BCUT2D eigenvalue weighted by Gasteiger charge is 2.27. The summed E-state index contributed by atoms with van der Waals surface area (Å²) in [7, 11) is 3.66. The lowest BCUT2D eigenvalue weighted by Crippen LogP contribution is -2.43. The fourth-order valence-corrected chi connectivity index (χ4v) is 2.39. The van der Waals surface area contributed by atoms with Gasteiger partial charge in [0.15, 0.2) is 5.96 Å². The molecule has 3 amide bonds. The Kier molecular flexibility index (Phi) is 5.56. The van der Waals surface area contributed by atoms with Gasteiger partial charge in [0.05, 0.1) is 6.54 Å². The fraction of sp³-hybridized carbons (Fsp3) is 0.438. The lowest BCUT2D eigenvalue weighted by atomic mass is 10.1. The van der Waals surface area contributed by atoms with Crippen molar-refractivity contribution in [3.63, 3.8) is 0 Å². The molecule has 2 rings (SSSR count). The molecule has 2 N–H and O–H groups in total. The van der Waals surface area contributed by atoms with E-state index >= 15 is 0 Å². The van der Waals surface area contributed by atoms with Crippen molar-refractivity contribution in [2.45, 2.75) is 13.5 Å². The largest absolute Gasteiger partial charge is 0.354 e. The van der Waals surface area contributed by atoms with E-state index in [2.05, 4.69) is 46.8 Å². The van der Waals surface area contributed by atoms with E-state index in [-0.39, 0.29) is 18.5 Å². The summed E-state index contributed by atoms with van der Waals surface area (Å²) in [6.07, 6.45) is 0. The van der Waals surface area contributed by atoms with Crippen molar-refractivity contribution < 1.29 is 9.59 Å². The molecular weight excluding hydrogens is 294 g/mol. The number of amides is 3. The third-order valence-electron chi connectivity index (χ3n) is 3.67. The van der Waals surface area contributed by atoms with E-state index in [0.717, 1.165) is 12.5 Å². The Labute approximate surface area is 136 Å². The first-order valence-electron chi connectivity index (χ1n) is 7.57. The van der Waals surface area contributed by atoms with Crippen LogP contribution in [0.5, 0.6) is 0 Å². The van der Waals surface area contributed by atoms with Gasteiger partial charge in [-0.25, -0.2) is 4.79 Å². The third kappa shape index (κ3) is 4.45. The number of aryl methyl sites for hydroxylation is 1. The Bertz CT molecular complexity index is 581. The van der Waals surface area contributed by atoms with Crippen LogP contribution in [-0.2, 0) is 11.3 Å². The summed E-state index contributed by atoms with van der Waals surface area (Å²) in [5.41, 5.74) is 2.42.